The van der Waals surface area contributed by atoms with Gasteiger partial charge in [-0.1, -0.05) is 18.2 Å². The number of aromatic nitrogens is 3. The Bertz CT molecular complexity index is 768. The van der Waals surface area contributed by atoms with Gasteiger partial charge in [-0.2, -0.15) is 5.10 Å². The molecule has 0 radical (unpaired) electrons. The minimum Gasteiger partial charge on any atom is -0.308 e. The summed E-state index contributed by atoms with van der Waals surface area (Å²) in [4.78, 5) is 4.18. The average molecular weight is 280 g/mol. The maximum Gasteiger partial charge on any atom is 0.0641 e. The van der Waals surface area contributed by atoms with Gasteiger partial charge in [0.15, 0.2) is 0 Å². The van der Waals surface area contributed by atoms with E-state index in [1.165, 1.54) is 27.6 Å². The predicted octanol–water partition coefficient (Wildman–Crippen LogP) is 2.87. The standard InChI is InChI=1S/C17H20N4/c1-12-17(13(2)21(3)20-12)11-19-10-15-6-4-5-14-9-18-8-7-16(14)15/h4-9,19H,10-11H2,1-3H3. The highest BCUT2D eigenvalue weighted by Crippen LogP contribution is 2.18. The summed E-state index contributed by atoms with van der Waals surface area (Å²) in [6, 6.07) is 8.42. The highest BCUT2D eigenvalue weighted by atomic mass is 15.3. The van der Waals surface area contributed by atoms with Gasteiger partial charge in [-0.3, -0.25) is 9.67 Å². The monoisotopic (exact) mass is 280 g/mol. The lowest BCUT2D eigenvalue weighted by atomic mass is 10.1. The van der Waals surface area contributed by atoms with Crippen molar-refractivity contribution in [3.05, 3.63) is 59.2 Å². The Morgan fingerprint density at radius 3 is 2.76 bits per heavy atom. The van der Waals surface area contributed by atoms with Crippen LogP contribution in [-0.2, 0) is 20.1 Å². The molecule has 108 valence electrons. The number of nitrogens with zero attached hydrogens (tertiary/aromatic N) is 3. The maximum atomic E-state index is 4.45. The molecule has 0 atom stereocenters. The third kappa shape index (κ3) is 2.67. The molecule has 0 amide bonds. The zero-order valence-corrected chi connectivity index (χ0v) is 12.7. The van der Waals surface area contributed by atoms with Crippen LogP contribution in [0.25, 0.3) is 10.8 Å². The second-order valence-corrected chi connectivity index (χ2v) is 5.39. The number of rotatable bonds is 4. The molecule has 0 aliphatic rings. The van der Waals surface area contributed by atoms with Gasteiger partial charge < -0.3 is 5.32 Å². The van der Waals surface area contributed by atoms with Crippen LogP contribution in [0.4, 0.5) is 0 Å². The Labute approximate surface area is 124 Å². The van der Waals surface area contributed by atoms with Gasteiger partial charge in [0, 0.05) is 49.2 Å². The molecule has 0 bridgehead atoms. The zero-order chi connectivity index (χ0) is 14.8. The lowest BCUT2D eigenvalue weighted by Gasteiger charge is -2.08. The molecule has 2 aromatic heterocycles. The summed E-state index contributed by atoms with van der Waals surface area (Å²) in [6.07, 6.45) is 3.76. The van der Waals surface area contributed by atoms with E-state index in [0.29, 0.717) is 0 Å². The Kier molecular flexibility index (Phi) is 3.71. The first-order valence-corrected chi connectivity index (χ1v) is 7.18. The van der Waals surface area contributed by atoms with E-state index in [-0.39, 0.29) is 0 Å². The third-order valence-corrected chi connectivity index (χ3v) is 4.05. The number of pyridine rings is 1. The van der Waals surface area contributed by atoms with E-state index in [2.05, 4.69) is 53.5 Å². The van der Waals surface area contributed by atoms with E-state index in [0.717, 1.165) is 18.8 Å². The quantitative estimate of drug-likeness (QED) is 0.799. The number of benzene rings is 1. The summed E-state index contributed by atoms with van der Waals surface area (Å²) in [6.45, 7) is 5.86. The van der Waals surface area contributed by atoms with Crippen molar-refractivity contribution in [3.63, 3.8) is 0 Å². The summed E-state index contributed by atoms with van der Waals surface area (Å²) in [5, 5.41) is 10.4. The van der Waals surface area contributed by atoms with E-state index in [1.54, 1.807) is 0 Å². The van der Waals surface area contributed by atoms with E-state index in [4.69, 9.17) is 0 Å². The molecular formula is C17H20N4. The van der Waals surface area contributed by atoms with Crippen LogP contribution in [0.2, 0.25) is 0 Å². The molecule has 0 saturated heterocycles. The molecule has 0 unspecified atom stereocenters. The fourth-order valence-corrected chi connectivity index (χ4v) is 2.74. The van der Waals surface area contributed by atoms with Crippen LogP contribution in [0, 0.1) is 13.8 Å². The van der Waals surface area contributed by atoms with Crippen LogP contribution in [0.3, 0.4) is 0 Å². The molecule has 4 nitrogen and oxygen atoms in total. The minimum atomic E-state index is 0.840. The third-order valence-electron chi connectivity index (χ3n) is 4.05. The molecule has 1 N–H and O–H groups in total. The van der Waals surface area contributed by atoms with Crippen LogP contribution in [0.1, 0.15) is 22.5 Å². The molecule has 2 heterocycles. The molecule has 0 fully saturated rings. The number of hydrogen-bond acceptors (Lipinski definition) is 3. The van der Waals surface area contributed by atoms with Gasteiger partial charge in [0.1, 0.15) is 0 Å². The second kappa shape index (κ2) is 5.66. The topological polar surface area (TPSA) is 42.7 Å². The molecule has 0 aliphatic carbocycles. The largest absolute Gasteiger partial charge is 0.308 e. The first-order valence-electron chi connectivity index (χ1n) is 7.18. The highest BCUT2D eigenvalue weighted by Gasteiger charge is 2.08. The summed E-state index contributed by atoms with van der Waals surface area (Å²) in [5.41, 5.74) is 4.92. The van der Waals surface area contributed by atoms with Crippen LogP contribution in [-0.4, -0.2) is 14.8 Å². The summed E-state index contributed by atoms with van der Waals surface area (Å²) >= 11 is 0. The van der Waals surface area contributed by atoms with Crippen LogP contribution in [0.15, 0.2) is 36.7 Å². The maximum absolute atomic E-state index is 4.45. The van der Waals surface area contributed by atoms with Crippen molar-refractivity contribution < 1.29 is 0 Å². The summed E-state index contributed by atoms with van der Waals surface area (Å²) < 4.78 is 1.94. The van der Waals surface area contributed by atoms with Crippen molar-refractivity contribution >= 4 is 10.8 Å². The molecular weight excluding hydrogens is 260 g/mol. The Morgan fingerprint density at radius 2 is 2.00 bits per heavy atom. The van der Waals surface area contributed by atoms with E-state index < -0.39 is 0 Å². The predicted molar refractivity (Wildman–Crippen MR) is 85.0 cm³/mol. The van der Waals surface area contributed by atoms with Crippen molar-refractivity contribution in [1.29, 1.82) is 0 Å². The lowest BCUT2D eigenvalue weighted by molar-refractivity contribution is 0.687. The average Bonchev–Trinajstić information content (AvgIpc) is 2.73. The summed E-state index contributed by atoms with van der Waals surface area (Å²) in [5.74, 6) is 0. The fraction of sp³-hybridized carbons (Fsp3) is 0.294. The molecule has 3 rings (SSSR count). The highest BCUT2D eigenvalue weighted by molar-refractivity contribution is 5.84. The smallest absolute Gasteiger partial charge is 0.0641 e. The first-order chi connectivity index (χ1) is 10.2. The molecule has 0 saturated carbocycles. The van der Waals surface area contributed by atoms with Gasteiger partial charge in [0.2, 0.25) is 0 Å². The molecule has 0 spiro atoms. The number of hydrogen-bond donors (Lipinski definition) is 1. The van der Waals surface area contributed by atoms with Crippen molar-refractivity contribution in [1.82, 2.24) is 20.1 Å². The SMILES string of the molecule is Cc1nn(C)c(C)c1CNCc1cccc2cnccc12. The van der Waals surface area contributed by atoms with Crippen molar-refractivity contribution in [3.8, 4) is 0 Å². The van der Waals surface area contributed by atoms with E-state index in [1.807, 2.05) is 24.1 Å². The molecule has 0 aliphatic heterocycles. The number of fused-ring (bicyclic) bond motifs is 1. The first kappa shape index (κ1) is 13.8. The van der Waals surface area contributed by atoms with Crippen LogP contribution in [0.5, 0.6) is 0 Å². The number of aryl methyl sites for hydroxylation is 2. The van der Waals surface area contributed by atoms with Gasteiger partial charge in [-0.25, -0.2) is 0 Å². The van der Waals surface area contributed by atoms with Gasteiger partial charge >= 0.3 is 0 Å². The molecule has 4 heteroatoms. The van der Waals surface area contributed by atoms with Gasteiger partial charge in [0.05, 0.1) is 5.69 Å². The molecule has 1 aromatic carbocycles. The Balaban J connectivity index is 1.75. The second-order valence-electron chi connectivity index (χ2n) is 5.39. The fourth-order valence-electron chi connectivity index (χ4n) is 2.74. The Hall–Kier alpha value is -2.20. The van der Waals surface area contributed by atoms with Crippen molar-refractivity contribution in [2.75, 3.05) is 0 Å². The normalized spacial score (nSPS) is 11.2. The Morgan fingerprint density at radius 1 is 1.14 bits per heavy atom. The summed E-state index contributed by atoms with van der Waals surface area (Å²) in [7, 11) is 1.99. The molecule has 3 aromatic rings. The molecule has 21 heavy (non-hydrogen) atoms. The van der Waals surface area contributed by atoms with Crippen molar-refractivity contribution in [2.45, 2.75) is 26.9 Å². The zero-order valence-electron chi connectivity index (χ0n) is 12.7. The number of nitrogens with one attached hydrogen (secondary N) is 1. The van der Waals surface area contributed by atoms with E-state index in [9.17, 15) is 0 Å². The van der Waals surface area contributed by atoms with Crippen LogP contribution < -0.4 is 5.32 Å². The lowest BCUT2D eigenvalue weighted by Crippen LogP contribution is -2.14. The van der Waals surface area contributed by atoms with Gasteiger partial charge in [0.25, 0.3) is 0 Å². The van der Waals surface area contributed by atoms with Gasteiger partial charge in [-0.05, 0) is 30.9 Å². The van der Waals surface area contributed by atoms with Gasteiger partial charge in [-0.15, -0.1) is 0 Å². The van der Waals surface area contributed by atoms with Crippen molar-refractivity contribution in [2.24, 2.45) is 7.05 Å². The van der Waals surface area contributed by atoms with E-state index >= 15 is 0 Å². The minimum absolute atomic E-state index is 0.840. The van der Waals surface area contributed by atoms with Crippen LogP contribution >= 0.6 is 0 Å².